The zero-order valence-corrected chi connectivity index (χ0v) is 23.5. The number of unbranched alkanes of at least 4 members (excludes halogenated alkanes) is 4. The molecule has 0 radical (unpaired) electrons. The average Bonchev–Trinajstić information content (AvgIpc) is 3.36. The average molecular weight is 540 g/mol. The van der Waals surface area contributed by atoms with Crippen molar-refractivity contribution in [2.45, 2.75) is 77.3 Å². The quantitative estimate of drug-likeness (QED) is 0.258. The van der Waals surface area contributed by atoms with Gasteiger partial charge in [0.15, 0.2) is 0 Å². The van der Waals surface area contributed by atoms with Gasteiger partial charge in [0.05, 0.1) is 12.7 Å². The van der Waals surface area contributed by atoms with Crippen LogP contribution in [0, 0.1) is 0 Å². The summed E-state index contributed by atoms with van der Waals surface area (Å²) in [6.45, 7) is 8.79. The number of amides is 2. The van der Waals surface area contributed by atoms with E-state index in [2.05, 4.69) is 22.8 Å². The topological polar surface area (TPSA) is 92.3 Å². The third kappa shape index (κ3) is 9.21. The number of anilines is 1. The molecule has 1 saturated heterocycles. The molecule has 2 aliphatic heterocycles. The van der Waals surface area contributed by atoms with Crippen LogP contribution in [0.25, 0.3) is 0 Å². The summed E-state index contributed by atoms with van der Waals surface area (Å²) in [7, 11) is 0. The molecule has 8 nitrogen and oxygen atoms in total. The lowest BCUT2D eigenvalue weighted by atomic mass is 10.0. The zero-order chi connectivity index (χ0) is 27.5. The number of aryl methyl sites for hydroxylation is 1. The fourth-order valence-corrected chi connectivity index (χ4v) is 4.96. The number of rotatable bonds is 16. The van der Waals surface area contributed by atoms with Crippen LogP contribution in [0.2, 0.25) is 0 Å². The van der Waals surface area contributed by atoms with Crippen LogP contribution in [-0.4, -0.2) is 56.3 Å². The Hall–Kier alpha value is -2.65. The van der Waals surface area contributed by atoms with Crippen molar-refractivity contribution in [3.8, 4) is 5.75 Å². The normalized spacial score (nSPS) is 17.0. The predicted molar refractivity (Wildman–Crippen MR) is 153 cm³/mol. The number of carbonyl (C=O) groups excluding carboxylic acids is 1. The van der Waals surface area contributed by atoms with Crippen LogP contribution in [0.5, 0.6) is 5.75 Å². The maximum Gasteiger partial charge on any atom is 0.321 e. The lowest BCUT2D eigenvalue weighted by Crippen LogP contribution is -2.35. The van der Waals surface area contributed by atoms with Crippen molar-refractivity contribution in [3.63, 3.8) is 0 Å². The molecule has 4 rings (SSSR count). The number of benzene rings is 2. The third-order valence-electron chi connectivity index (χ3n) is 7.21. The number of fused-ring (bicyclic) bond motifs is 1. The fourth-order valence-electron chi connectivity index (χ4n) is 4.96. The van der Waals surface area contributed by atoms with Gasteiger partial charge in [-0.05, 0) is 74.0 Å². The molecule has 0 unspecified atom stereocenters. The number of hydrogen-bond donors (Lipinski definition) is 3. The van der Waals surface area contributed by atoms with E-state index in [-0.39, 0.29) is 6.03 Å². The molecule has 0 aromatic heterocycles. The first kappa shape index (κ1) is 29.3. The van der Waals surface area contributed by atoms with Crippen LogP contribution >= 0.6 is 0 Å². The highest BCUT2D eigenvalue weighted by atomic mass is 16.7. The molecule has 3 N–H and O–H groups in total. The zero-order valence-electron chi connectivity index (χ0n) is 23.5. The van der Waals surface area contributed by atoms with Crippen molar-refractivity contribution >= 4 is 11.7 Å². The maximum atomic E-state index is 11.9. The van der Waals surface area contributed by atoms with Crippen molar-refractivity contribution in [1.29, 1.82) is 0 Å². The molecule has 1 fully saturated rings. The molecule has 2 aromatic carbocycles. The van der Waals surface area contributed by atoms with Crippen molar-refractivity contribution in [3.05, 3.63) is 59.2 Å². The highest BCUT2D eigenvalue weighted by Crippen LogP contribution is 2.32. The number of aliphatic hydroxyl groups excluding tert-OH is 1. The highest BCUT2D eigenvalue weighted by molar-refractivity contribution is 5.94. The molecule has 0 aliphatic carbocycles. The molecule has 0 saturated carbocycles. The molecule has 39 heavy (non-hydrogen) atoms. The monoisotopic (exact) mass is 539 g/mol. The summed E-state index contributed by atoms with van der Waals surface area (Å²) in [6, 6.07) is 14.1. The number of nitrogens with zero attached hydrogens (tertiary/aromatic N) is 1. The first-order chi connectivity index (χ1) is 18.9. The first-order valence-corrected chi connectivity index (χ1v) is 14.5. The lowest BCUT2D eigenvalue weighted by Gasteiger charge is -2.33. The van der Waals surface area contributed by atoms with E-state index in [1.807, 2.05) is 44.2 Å². The van der Waals surface area contributed by atoms with E-state index < -0.39 is 11.9 Å². The SMILES string of the molecule is CC1(C)OCc2cc([C@H](O)CNCCCCCCOCCCCc3cccc(N4CCNC4=O)c3)ccc2O1. The Kier molecular flexibility index (Phi) is 11.0. The summed E-state index contributed by atoms with van der Waals surface area (Å²) >= 11 is 0. The molecule has 8 heteroatoms. The molecular formula is C31H45N3O5. The summed E-state index contributed by atoms with van der Waals surface area (Å²) < 4.78 is 17.4. The minimum Gasteiger partial charge on any atom is -0.463 e. The molecule has 0 bridgehead atoms. The largest absolute Gasteiger partial charge is 0.463 e. The van der Waals surface area contributed by atoms with E-state index >= 15 is 0 Å². The van der Waals surface area contributed by atoms with Crippen molar-refractivity contribution in [2.24, 2.45) is 0 Å². The molecule has 214 valence electrons. The van der Waals surface area contributed by atoms with E-state index in [4.69, 9.17) is 14.2 Å². The summed E-state index contributed by atoms with van der Waals surface area (Å²) in [6.07, 6.45) is 7.06. The first-order valence-electron chi connectivity index (χ1n) is 14.5. The van der Waals surface area contributed by atoms with Crippen LogP contribution in [0.3, 0.4) is 0 Å². The van der Waals surface area contributed by atoms with Crippen LogP contribution in [0.15, 0.2) is 42.5 Å². The van der Waals surface area contributed by atoms with E-state index in [0.29, 0.717) is 19.7 Å². The Balaban J connectivity index is 0.971. The number of nitrogens with one attached hydrogen (secondary N) is 2. The van der Waals surface area contributed by atoms with Crippen molar-refractivity contribution in [1.82, 2.24) is 10.6 Å². The smallest absolute Gasteiger partial charge is 0.321 e. The molecule has 1 atom stereocenters. The molecule has 2 heterocycles. The number of carbonyl (C=O) groups is 1. The van der Waals surface area contributed by atoms with Gasteiger partial charge in [-0.1, -0.05) is 31.0 Å². The second kappa shape index (κ2) is 14.7. The van der Waals surface area contributed by atoms with E-state index in [1.54, 1.807) is 4.90 Å². The molecule has 2 aliphatic rings. The standard InChI is InChI=1S/C31H45N3O5/c1-31(2)38-23-26-21-25(13-14-29(26)39-31)28(35)22-32-15-6-3-4-7-18-37-19-8-5-10-24-11-9-12-27(20-24)34-17-16-33-30(34)36/h9,11-14,20-21,28,32,35H,3-8,10,15-19,22-23H2,1-2H3,(H,33,36)/t28-/m1/s1. The Bertz CT molecular complexity index is 1060. The van der Waals surface area contributed by atoms with Crippen LogP contribution in [-0.2, 0) is 22.5 Å². The van der Waals surface area contributed by atoms with Crippen LogP contribution in [0.4, 0.5) is 10.5 Å². The van der Waals surface area contributed by atoms with Gasteiger partial charge in [-0.2, -0.15) is 0 Å². The maximum absolute atomic E-state index is 11.9. The van der Waals surface area contributed by atoms with Gasteiger partial charge in [-0.15, -0.1) is 0 Å². The highest BCUT2D eigenvalue weighted by Gasteiger charge is 2.27. The van der Waals surface area contributed by atoms with Crippen molar-refractivity contribution < 1.29 is 24.1 Å². The van der Waals surface area contributed by atoms with E-state index in [1.165, 1.54) is 5.56 Å². The third-order valence-corrected chi connectivity index (χ3v) is 7.21. The van der Waals surface area contributed by atoms with Gasteiger partial charge in [-0.25, -0.2) is 4.79 Å². The van der Waals surface area contributed by atoms with Gasteiger partial charge < -0.3 is 30.0 Å². The number of aliphatic hydroxyl groups is 1. The molecule has 0 spiro atoms. The summed E-state index contributed by atoms with van der Waals surface area (Å²) in [5, 5.41) is 16.8. The molecule has 2 aromatic rings. The van der Waals surface area contributed by atoms with Gasteiger partial charge in [-0.3, -0.25) is 4.90 Å². The number of urea groups is 1. The summed E-state index contributed by atoms with van der Waals surface area (Å²) in [5.41, 5.74) is 4.11. The van der Waals surface area contributed by atoms with Gasteiger partial charge >= 0.3 is 6.03 Å². The van der Waals surface area contributed by atoms with E-state index in [9.17, 15) is 9.90 Å². The number of hydrogen-bond acceptors (Lipinski definition) is 6. The van der Waals surface area contributed by atoms with Crippen LogP contribution < -0.4 is 20.3 Å². The second-order valence-corrected chi connectivity index (χ2v) is 10.9. The molecule has 2 amide bonds. The minimum atomic E-state index is -0.606. The van der Waals surface area contributed by atoms with Gasteiger partial charge in [0, 0.05) is 57.9 Å². The Morgan fingerprint density at radius 2 is 1.90 bits per heavy atom. The molecular weight excluding hydrogens is 494 g/mol. The number of ether oxygens (including phenoxy) is 3. The minimum absolute atomic E-state index is 0.00628. The Labute approximate surface area is 233 Å². The van der Waals surface area contributed by atoms with E-state index in [0.717, 1.165) is 93.8 Å². The summed E-state index contributed by atoms with van der Waals surface area (Å²) in [4.78, 5) is 13.7. The Morgan fingerprint density at radius 1 is 1.08 bits per heavy atom. The van der Waals surface area contributed by atoms with Crippen LogP contribution in [0.1, 0.15) is 75.2 Å². The van der Waals surface area contributed by atoms with Crippen molar-refractivity contribution in [2.75, 3.05) is 44.3 Å². The van der Waals surface area contributed by atoms with Gasteiger partial charge in [0.25, 0.3) is 0 Å². The lowest BCUT2D eigenvalue weighted by molar-refractivity contribution is -0.180. The van der Waals surface area contributed by atoms with Gasteiger partial charge in [0.1, 0.15) is 5.75 Å². The fraction of sp³-hybridized carbons (Fsp3) is 0.581. The second-order valence-electron chi connectivity index (χ2n) is 10.9. The predicted octanol–water partition coefficient (Wildman–Crippen LogP) is 5.08. The van der Waals surface area contributed by atoms with Gasteiger partial charge in [0.2, 0.25) is 5.79 Å². The summed E-state index contributed by atoms with van der Waals surface area (Å²) in [5.74, 6) is 0.223. The Morgan fingerprint density at radius 3 is 2.72 bits per heavy atom.